The molecule has 1 aliphatic rings. The Bertz CT molecular complexity index is 811. The number of nitrogens with one attached hydrogen (secondary N) is 1. The van der Waals surface area contributed by atoms with Crippen molar-refractivity contribution in [1.29, 1.82) is 0 Å². The number of rotatable bonds is 5. The number of nitrogens with zero attached hydrogens (tertiary/aromatic N) is 4. The van der Waals surface area contributed by atoms with E-state index >= 15 is 0 Å². The molecular weight excluding hydrogens is 341 g/mol. The molecule has 0 unspecified atom stereocenters. The van der Waals surface area contributed by atoms with Crippen LogP contribution in [0.3, 0.4) is 0 Å². The number of amides is 1. The zero-order valence-corrected chi connectivity index (χ0v) is 14.8. The van der Waals surface area contributed by atoms with Crippen molar-refractivity contribution in [2.75, 3.05) is 17.3 Å². The third-order valence-electron chi connectivity index (χ3n) is 3.71. The lowest BCUT2D eigenvalue weighted by molar-refractivity contribution is -0.387. The molecule has 1 amide bonds. The van der Waals surface area contributed by atoms with Crippen LogP contribution in [0.2, 0.25) is 0 Å². The van der Waals surface area contributed by atoms with Gasteiger partial charge in [0.05, 0.1) is 4.92 Å². The zero-order valence-electron chi connectivity index (χ0n) is 14.8. The van der Waals surface area contributed by atoms with Crippen molar-refractivity contribution in [3.63, 3.8) is 0 Å². The second-order valence-corrected chi connectivity index (χ2v) is 5.48. The first-order valence-corrected chi connectivity index (χ1v) is 8.26. The summed E-state index contributed by atoms with van der Waals surface area (Å²) in [7, 11) is 1.63. The summed E-state index contributed by atoms with van der Waals surface area (Å²) in [6.45, 7) is 4.00. The van der Waals surface area contributed by atoms with Crippen LogP contribution < -0.4 is 10.2 Å². The fourth-order valence-corrected chi connectivity index (χ4v) is 2.16. The Morgan fingerprint density at radius 3 is 2.58 bits per heavy atom. The lowest BCUT2D eigenvalue weighted by Gasteiger charge is -2.18. The van der Waals surface area contributed by atoms with Gasteiger partial charge in [-0.15, -0.1) is 0 Å². The Hall–Kier alpha value is -3.10. The molecule has 0 aliphatic heterocycles. The van der Waals surface area contributed by atoms with Crippen molar-refractivity contribution < 1.29 is 14.1 Å². The topological polar surface area (TPSA) is 101 Å². The Labute approximate surface area is 150 Å². The molecule has 1 aromatic heterocycles. The minimum absolute atomic E-state index is 0.0462. The van der Waals surface area contributed by atoms with Gasteiger partial charge in [0.2, 0.25) is 11.7 Å². The SMILES string of the molecule is CC.CN(c1ccc([N+](=O)[O-])c(F)c1)c1cc(NC(=O)C2CC2)ncn1. The molecule has 0 bridgehead atoms. The summed E-state index contributed by atoms with van der Waals surface area (Å²) >= 11 is 0. The summed E-state index contributed by atoms with van der Waals surface area (Å²) in [6, 6.07) is 5.13. The molecule has 3 rings (SSSR count). The van der Waals surface area contributed by atoms with Gasteiger partial charge in [0.15, 0.2) is 0 Å². The maximum Gasteiger partial charge on any atom is 0.304 e. The van der Waals surface area contributed by atoms with E-state index in [1.807, 2.05) is 13.8 Å². The number of aromatic nitrogens is 2. The third-order valence-corrected chi connectivity index (χ3v) is 3.71. The fourth-order valence-electron chi connectivity index (χ4n) is 2.16. The van der Waals surface area contributed by atoms with E-state index < -0.39 is 16.4 Å². The third kappa shape index (κ3) is 4.50. The molecule has 1 fully saturated rings. The van der Waals surface area contributed by atoms with E-state index in [4.69, 9.17) is 0 Å². The number of hydrogen-bond donors (Lipinski definition) is 1. The number of benzene rings is 1. The predicted octanol–water partition coefficient (Wildman–Crippen LogP) is 3.67. The highest BCUT2D eigenvalue weighted by Gasteiger charge is 2.29. The van der Waals surface area contributed by atoms with Crippen LogP contribution in [0.5, 0.6) is 0 Å². The molecule has 26 heavy (non-hydrogen) atoms. The molecular formula is C17H20FN5O3. The number of halogens is 1. The van der Waals surface area contributed by atoms with Crippen LogP contribution in [0.15, 0.2) is 30.6 Å². The molecule has 0 radical (unpaired) electrons. The van der Waals surface area contributed by atoms with Gasteiger partial charge in [-0.3, -0.25) is 14.9 Å². The molecule has 9 heteroatoms. The normalized spacial score (nSPS) is 12.6. The van der Waals surface area contributed by atoms with Crippen LogP contribution in [0.25, 0.3) is 0 Å². The van der Waals surface area contributed by atoms with Crippen LogP contribution in [-0.2, 0) is 4.79 Å². The Kier molecular flexibility index (Phi) is 6.16. The van der Waals surface area contributed by atoms with Crippen LogP contribution in [0.1, 0.15) is 26.7 Å². The first kappa shape index (κ1) is 19.2. The largest absolute Gasteiger partial charge is 0.329 e. The average molecular weight is 361 g/mol. The van der Waals surface area contributed by atoms with Gasteiger partial charge in [-0.25, -0.2) is 9.97 Å². The fraction of sp³-hybridized carbons (Fsp3) is 0.353. The second kappa shape index (κ2) is 8.32. The van der Waals surface area contributed by atoms with Crippen LogP contribution in [-0.4, -0.2) is 27.8 Å². The lowest BCUT2D eigenvalue weighted by atomic mass is 10.2. The summed E-state index contributed by atoms with van der Waals surface area (Å²) in [5.74, 6) is -0.190. The van der Waals surface area contributed by atoms with Crippen LogP contribution in [0.4, 0.5) is 27.4 Å². The van der Waals surface area contributed by atoms with Gasteiger partial charge >= 0.3 is 5.69 Å². The zero-order chi connectivity index (χ0) is 19.3. The maximum atomic E-state index is 13.8. The van der Waals surface area contributed by atoms with E-state index in [0.29, 0.717) is 17.3 Å². The Morgan fingerprint density at radius 1 is 1.31 bits per heavy atom. The first-order chi connectivity index (χ1) is 12.5. The summed E-state index contributed by atoms with van der Waals surface area (Å²) < 4.78 is 13.8. The summed E-state index contributed by atoms with van der Waals surface area (Å²) in [5, 5.41) is 13.4. The number of hydrogen-bond acceptors (Lipinski definition) is 6. The van der Waals surface area contributed by atoms with Crippen molar-refractivity contribution in [3.8, 4) is 0 Å². The highest BCUT2D eigenvalue weighted by atomic mass is 19.1. The van der Waals surface area contributed by atoms with E-state index in [2.05, 4.69) is 15.3 Å². The number of carbonyl (C=O) groups is 1. The molecule has 1 aromatic carbocycles. The van der Waals surface area contributed by atoms with Gasteiger partial charge in [-0.05, 0) is 18.9 Å². The highest BCUT2D eigenvalue weighted by Crippen LogP contribution is 2.31. The van der Waals surface area contributed by atoms with Gasteiger partial charge in [0.1, 0.15) is 18.0 Å². The van der Waals surface area contributed by atoms with E-state index in [9.17, 15) is 19.3 Å². The monoisotopic (exact) mass is 361 g/mol. The van der Waals surface area contributed by atoms with Crippen LogP contribution >= 0.6 is 0 Å². The van der Waals surface area contributed by atoms with Gasteiger partial charge in [0, 0.05) is 36.9 Å². The Balaban J connectivity index is 0.00000117. The molecule has 1 saturated carbocycles. The lowest BCUT2D eigenvalue weighted by Crippen LogP contribution is -2.16. The first-order valence-electron chi connectivity index (χ1n) is 8.26. The molecule has 8 nitrogen and oxygen atoms in total. The standard InChI is InChI=1S/C15H14FN5O3.C2H6/c1-20(10-4-5-12(21(23)24)11(16)6-10)14-7-13(17-8-18-14)19-15(22)9-2-3-9;1-2/h4-9H,2-3H2,1H3,(H,17,18,19,22);1-2H3. The van der Waals surface area contributed by atoms with E-state index in [1.165, 1.54) is 12.4 Å². The van der Waals surface area contributed by atoms with Crippen molar-refractivity contribution in [1.82, 2.24) is 9.97 Å². The van der Waals surface area contributed by atoms with Crippen molar-refractivity contribution >= 4 is 28.9 Å². The summed E-state index contributed by atoms with van der Waals surface area (Å²) in [5.41, 5.74) is -0.205. The highest BCUT2D eigenvalue weighted by molar-refractivity contribution is 5.93. The number of carbonyl (C=O) groups excluding carboxylic acids is 1. The molecule has 0 atom stereocenters. The van der Waals surface area contributed by atoms with E-state index in [-0.39, 0.29) is 11.8 Å². The minimum atomic E-state index is -0.930. The second-order valence-electron chi connectivity index (χ2n) is 5.48. The van der Waals surface area contributed by atoms with Crippen molar-refractivity contribution in [2.45, 2.75) is 26.7 Å². The summed E-state index contributed by atoms with van der Waals surface area (Å²) in [4.78, 5) is 31.3. The number of anilines is 3. The van der Waals surface area contributed by atoms with Gasteiger partial charge in [0.25, 0.3) is 0 Å². The molecule has 1 heterocycles. The minimum Gasteiger partial charge on any atom is -0.329 e. The molecule has 1 N–H and O–H groups in total. The molecule has 1 aliphatic carbocycles. The molecule has 0 saturated heterocycles. The Morgan fingerprint density at radius 2 is 2.00 bits per heavy atom. The smallest absolute Gasteiger partial charge is 0.304 e. The van der Waals surface area contributed by atoms with Gasteiger partial charge in [-0.2, -0.15) is 4.39 Å². The van der Waals surface area contributed by atoms with Crippen molar-refractivity contribution in [2.24, 2.45) is 5.92 Å². The van der Waals surface area contributed by atoms with Gasteiger partial charge < -0.3 is 10.2 Å². The average Bonchev–Trinajstić information content (AvgIpc) is 3.48. The van der Waals surface area contributed by atoms with E-state index in [1.54, 1.807) is 18.0 Å². The van der Waals surface area contributed by atoms with Crippen molar-refractivity contribution in [3.05, 3.63) is 46.5 Å². The summed E-state index contributed by atoms with van der Waals surface area (Å²) in [6.07, 6.45) is 3.05. The molecule has 0 spiro atoms. The number of nitro groups is 1. The quantitative estimate of drug-likeness (QED) is 0.644. The molecule has 2 aromatic rings. The van der Waals surface area contributed by atoms with Gasteiger partial charge in [-0.1, -0.05) is 13.8 Å². The number of nitro benzene ring substituents is 1. The van der Waals surface area contributed by atoms with Crippen LogP contribution in [0, 0.1) is 21.8 Å². The molecule has 138 valence electrons. The van der Waals surface area contributed by atoms with E-state index in [0.717, 1.165) is 25.0 Å². The maximum absolute atomic E-state index is 13.8. The predicted molar refractivity (Wildman–Crippen MR) is 95.9 cm³/mol.